The number of allylic oxidation sites excluding steroid dienone is 12. The maximum absolute atomic E-state index is 12.2. The number of hydrogen-bond acceptors (Lipinski definition) is 4. The van der Waals surface area contributed by atoms with Crippen molar-refractivity contribution in [3.05, 3.63) is 72.9 Å². The maximum Gasteiger partial charge on any atom is 0.306 e. The SMILES string of the molecule is CC/C=C\C/C=C\C/C=C\C/C=C\CCCCCOCC(CO)OC(=O)CCCCCCCCCCCCCCC/C=C\C/C=C\CCCCCCC. The molecule has 0 aromatic rings. The molecular weight excluding hydrogens is 653 g/mol. The van der Waals surface area contributed by atoms with Crippen LogP contribution < -0.4 is 0 Å². The van der Waals surface area contributed by atoms with Crippen LogP contribution in [0.5, 0.6) is 0 Å². The lowest BCUT2D eigenvalue weighted by atomic mass is 10.0. The first kappa shape index (κ1) is 50.8. The van der Waals surface area contributed by atoms with Gasteiger partial charge in [0.2, 0.25) is 0 Å². The van der Waals surface area contributed by atoms with Crippen LogP contribution in [0.15, 0.2) is 72.9 Å². The zero-order valence-corrected chi connectivity index (χ0v) is 35.0. The van der Waals surface area contributed by atoms with Crippen molar-refractivity contribution in [1.29, 1.82) is 0 Å². The van der Waals surface area contributed by atoms with Crippen LogP contribution in [0.3, 0.4) is 0 Å². The summed E-state index contributed by atoms with van der Waals surface area (Å²) < 4.78 is 11.1. The number of ether oxygens (including phenoxy) is 2. The second-order valence-corrected chi connectivity index (χ2v) is 14.7. The van der Waals surface area contributed by atoms with E-state index in [1.54, 1.807) is 0 Å². The quantitative estimate of drug-likeness (QED) is 0.0385. The number of carbonyl (C=O) groups is 1. The fourth-order valence-electron chi connectivity index (χ4n) is 6.17. The third kappa shape index (κ3) is 44.1. The van der Waals surface area contributed by atoms with Crippen LogP contribution in [-0.4, -0.2) is 37.0 Å². The van der Waals surface area contributed by atoms with E-state index in [0.717, 1.165) is 70.6 Å². The Hall–Kier alpha value is -2.17. The highest BCUT2D eigenvalue weighted by molar-refractivity contribution is 5.69. The molecule has 1 atom stereocenters. The van der Waals surface area contributed by atoms with E-state index in [1.807, 2.05) is 0 Å². The number of hydrogen-bond donors (Lipinski definition) is 1. The van der Waals surface area contributed by atoms with Crippen LogP contribution in [0.2, 0.25) is 0 Å². The Morgan fingerprint density at radius 3 is 1.28 bits per heavy atom. The van der Waals surface area contributed by atoms with E-state index in [0.29, 0.717) is 13.0 Å². The van der Waals surface area contributed by atoms with E-state index in [4.69, 9.17) is 9.47 Å². The number of esters is 1. The molecule has 4 nitrogen and oxygen atoms in total. The fourth-order valence-corrected chi connectivity index (χ4v) is 6.17. The summed E-state index contributed by atoms with van der Waals surface area (Å²) in [5.41, 5.74) is 0. The first-order valence-electron chi connectivity index (χ1n) is 22.5. The normalized spacial score (nSPS) is 13.0. The molecule has 0 aliphatic heterocycles. The van der Waals surface area contributed by atoms with Gasteiger partial charge in [-0.25, -0.2) is 0 Å². The van der Waals surface area contributed by atoms with E-state index in [2.05, 4.69) is 86.8 Å². The Morgan fingerprint density at radius 2 is 0.849 bits per heavy atom. The lowest BCUT2D eigenvalue weighted by Crippen LogP contribution is -2.27. The van der Waals surface area contributed by atoms with Crippen molar-refractivity contribution in [2.75, 3.05) is 19.8 Å². The highest BCUT2D eigenvalue weighted by Gasteiger charge is 2.13. The first-order chi connectivity index (χ1) is 26.2. The molecule has 0 spiro atoms. The van der Waals surface area contributed by atoms with Crippen LogP contribution >= 0.6 is 0 Å². The van der Waals surface area contributed by atoms with Gasteiger partial charge >= 0.3 is 5.97 Å². The minimum atomic E-state index is -0.555. The summed E-state index contributed by atoms with van der Waals surface area (Å²) in [5.74, 6) is -0.214. The number of unbranched alkanes of at least 4 members (excludes halogenated alkanes) is 21. The molecule has 0 bridgehead atoms. The van der Waals surface area contributed by atoms with Crippen LogP contribution in [-0.2, 0) is 14.3 Å². The van der Waals surface area contributed by atoms with Gasteiger partial charge in [0.25, 0.3) is 0 Å². The third-order valence-electron chi connectivity index (χ3n) is 9.52. The summed E-state index contributed by atoms with van der Waals surface area (Å²) >= 11 is 0. The molecule has 1 N–H and O–H groups in total. The maximum atomic E-state index is 12.2. The Kier molecular flexibility index (Phi) is 44.1. The molecule has 1 unspecified atom stereocenters. The molecule has 4 heteroatoms. The highest BCUT2D eigenvalue weighted by Crippen LogP contribution is 2.14. The minimum absolute atomic E-state index is 0.188. The van der Waals surface area contributed by atoms with Gasteiger partial charge in [-0.1, -0.05) is 189 Å². The topological polar surface area (TPSA) is 55.8 Å². The summed E-state index contributed by atoms with van der Waals surface area (Å²) in [7, 11) is 0. The van der Waals surface area contributed by atoms with Crippen LogP contribution in [0, 0.1) is 0 Å². The van der Waals surface area contributed by atoms with Crippen LogP contribution in [0.4, 0.5) is 0 Å². The number of rotatable bonds is 41. The lowest BCUT2D eigenvalue weighted by molar-refractivity contribution is -0.154. The van der Waals surface area contributed by atoms with Crippen molar-refractivity contribution >= 4 is 5.97 Å². The predicted octanol–water partition coefficient (Wildman–Crippen LogP) is 15.0. The molecule has 0 heterocycles. The molecular formula is C49H86O4. The third-order valence-corrected chi connectivity index (χ3v) is 9.52. The van der Waals surface area contributed by atoms with Gasteiger partial charge in [0.1, 0.15) is 6.10 Å². The Labute approximate surface area is 329 Å². The highest BCUT2D eigenvalue weighted by atomic mass is 16.6. The smallest absolute Gasteiger partial charge is 0.306 e. The van der Waals surface area contributed by atoms with Crippen molar-refractivity contribution in [1.82, 2.24) is 0 Å². The second kappa shape index (κ2) is 46.0. The Balaban J connectivity index is 3.46. The van der Waals surface area contributed by atoms with Gasteiger partial charge in [0.05, 0.1) is 13.2 Å². The average Bonchev–Trinajstić information content (AvgIpc) is 3.16. The first-order valence-corrected chi connectivity index (χ1v) is 22.5. The van der Waals surface area contributed by atoms with Crippen molar-refractivity contribution in [2.24, 2.45) is 0 Å². The molecule has 0 aliphatic carbocycles. The van der Waals surface area contributed by atoms with E-state index in [9.17, 15) is 9.90 Å². The average molecular weight is 739 g/mol. The lowest BCUT2D eigenvalue weighted by Gasteiger charge is -2.15. The molecule has 0 rings (SSSR count). The van der Waals surface area contributed by atoms with Crippen molar-refractivity contribution in [2.45, 2.75) is 213 Å². The van der Waals surface area contributed by atoms with Crippen LogP contribution in [0.1, 0.15) is 206 Å². The Bertz CT molecular complexity index is 911. The van der Waals surface area contributed by atoms with Gasteiger partial charge in [0, 0.05) is 13.0 Å². The summed E-state index contributed by atoms with van der Waals surface area (Å²) in [6.07, 6.45) is 62.6. The fraction of sp³-hybridized carbons (Fsp3) is 0.735. The molecule has 0 radical (unpaired) electrons. The largest absolute Gasteiger partial charge is 0.457 e. The number of carbonyl (C=O) groups excluding carboxylic acids is 1. The predicted molar refractivity (Wildman–Crippen MR) is 232 cm³/mol. The van der Waals surface area contributed by atoms with E-state index in [1.165, 1.54) is 116 Å². The van der Waals surface area contributed by atoms with Crippen molar-refractivity contribution in [3.8, 4) is 0 Å². The van der Waals surface area contributed by atoms with Gasteiger partial charge in [0.15, 0.2) is 0 Å². The molecule has 0 fully saturated rings. The van der Waals surface area contributed by atoms with Crippen LogP contribution in [0.25, 0.3) is 0 Å². The number of aliphatic hydroxyl groups excluding tert-OH is 1. The van der Waals surface area contributed by atoms with Gasteiger partial charge < -0.3 is 14.6 Å². The molecule has 0 aromatic carbocycles. The molecule has 0 aliphatic rings. The molecule has 0 aromatic heterocycles. The molecule has 306 valence electrons. The number of aliphatic hydroxyl groups is 1. The summed E-state index contributed by atoms with van der Waals surface area (Å²) in [5, 5.41) is 9.61. The molecule has 0 amide bonds. The molecule has 53 heavy (non-hydrogen) atoms. The zero-order chi connectivity index (χ0) is 38.4. The summed E-state index contributed by atoms with van der Waals surface area (Å²) in [4.78, 5) is 12.2. The molecule has 0 saturated carbocycles. The van der Waals surface area contributed by atoms with Gasteiger partial charge in [-0.05, 0) is 83.5 Å². The summed E-state index contributed by atoms with van der Waals surface area (Å²) in [6, 6.07) is 0. The summed E-state index contributed by atoms with van der Waals surface area (Å²) in [6.45, 7) is 5.15. The standard InChI is InChI=1S/C49H86O4/c1-3-5-7-9-11-13-15-17-19-21-22-23-24-25-26-27-28-29-30-32-34-36-38-40-42-44-49(51)53-48(46-50)47-52-45-43-41-39-37-35-33-31-20-18-16-14-12-10-8-6-4-2/h6,8,12,14-15,17-18,20-22,33,35,48,50H,3-5,7,9-11,13,16,19,23-32,34,36-47H2,1-2H3/b8-6-,14-12-,17-15-,20-18-,22-21-,35-33-. The van der Waals surface area contributed by atoms with E-state index < -0.39 is 6.10 Å². The van der Waals surface area contributed by atoms with Crippen molar-refractivity contribution < 1.29 is 19.4 Å². The molecule has 0 saturated heterocycles. The van der Waals surface area contributed by atoms with Crippen molar-refractivity contribution in [3.63, 3.8) is 0 Å². The second-order valence-electron chi connectivity index (χ2n) is 14.7. The van der Waals surface area contributed by atoms with E-state index >= 15 is 0 Å². The van der Waals surface area contributed by atoms with E-state index in [-0.39, 0.29) is 19.2 Å². The minimum Gasteiger partial charge on any atom is -0.457 e. The Morgan fingerprint density at radius 1 is 0.472 bits per heavy atom. The monoisotopic (exact) mass is 739 g/mol. The van der Waals surface area contributed by atoms with Gasteiger partial charge in [-0.2, -0.15) is 0 Å². The van der Waals surface area contributed by atoms with Gasteiger partial charge in [-0.15, -0.1) is 0 Å². The zero-order valence-electron chi connectivity index (χ0n) is 35.0. The van der Waals surface area contributed by atoms with Gasteiger partial charge in [-0.3, -0.25) is 4.79 Å².